The number of carbonyl (C=O) groups excluding carboxylic acids is 2. The lowest BCUT2D eigenvalue weighted by Crippen LogP contribution is -2.50. The van der Waals surface area contributed by atoms with Gasteiger partial charge in [0.15, 0.2) is 0 Å². The maximum atomic E-state index is 12.9. The van der Waals surface area contributed by atoms with E-state index in [2.05, 4.69) is 9.97 Å². The van der Waals surface area contributed by atoms with Crippen molar-refractivity contribution in [1.29, 1.82) is 0 Å². The quantitative estimate of drug-likeness (QED) is 0.609. The van der Waals surface area contributed by atoms with Crippen LogP contribution >= 0.6 is 0 Å². The zero-order valence-electron chi connectivity index (χ0n) is 21.0. The smallest absolute Gasteiger partial charge is 0.419 e. The van der Waals surface area contributed by atoms with Crippen molar-refractivity contribution in [3.63, 3.8) is 0 Å². The summed E-state index contributed by atoms with van der Waals surface area (Å²) in [5, 5.41) is 0. The molecule has 0 aromatic carbocycles. The Labute approximate surface area is 208 Å². The van der Waals surface area contributed by atoms with Gasteiger partial charge in [-0.25, -0.2) is 14.8 Å². The highest BCUT2D eigenvalue weighted by atomic mass is 19.4. The molecule has 36 heavy (non-hydrogen) atoms. The number of anilines is 1. The molecule has 1 aromatic rings. The Bertz CT molecular complexity index is 929. The van der Waals surface area contributed by atoms with E-state index >= 15 is 0 Å². The number of carbonyl (C=O) groups is 2. The van der Waals surface area contributed by atoms with E-state index in [0.717, 1.165) is 38.1 Å². The highest BCUT2D eigenvalue weighted by Crippen LogP contribution is 2.33. The van der Waals surface area contributed by atoms with E-state index in [9.17, 15) is 22.8 Å². The topological polar surface area (TPSA) is 88.1 Å². The molecule has 0 N–H and O–H groups in total. The van der Waals surface area contributed by atoms with Crippen molar-refractivity contribution in [3.8, 4) is 0 Å². The maximum absolute atomic E-state index is 12.9. The second-order valence-corrected chi connectivity index (χ2v) is 10.6. The van der Waals surface area contributed by atoms with Crippen LogP contribution in [0.2, 0.25) is 0 Å². The molecule has 2 unspecified atom stereocenters. The van der Waals surface area contributed by atoms with E-state index in [1.54, 1.807) is 14.7 Å². The van der Waals surface area contributed by atoms with Crippen LogP contribution in [0, 0.1) is 0 Å². The third-order valence-corrected chi connectivity index (χ3v) is 6.78. The van der Waals surface area contributed by atoms with E-state index in [1.165, 1.54) is 0 Å². The van der Waals surface area contributed by atoms with Crippen LogP contribution in [-0.4, -0.2) is 88.3 Å². The van der Waals surface area contributed by atoms with Crippen molar-refractivity contribution < 1.29 is 32.2 Å². The van der Waals surface area contributed by atoms with Gasteiger partial charge >= 0.3 is 12.3 Å². The van der Waals surface area contributed by atoms with Gasteiger partial charge in [-0.2, -0.15) is 13.2 Å². The number of alkyl halides is 3. The van der Waals surface area contributed by atoms with Gasteiger partial charge in [-0.1, -0.05) is 0 Å². The lowest BCUT2D eigenvalue weighted by molar-refractivity contribution is -0.138. The summed E-state index contributed by atoms with van der Waals surface area (Å²) in [7, 11) is 0. The van der Waals surface area contributed by atoms with Crippen LogP contribution in [0.3, 0.4) is 0 Å². The van der Waals surface area contributed by atoms with E-state index in [0.29, 0.717) is 32.7 Å². The monoisotopic (exact) mass is 513 g/mol. The first-order valence-electron chi connectivity index (χ1n) is 12.5. The van der Waals surface area contributed by atoms with Crippen molar-refractivity contribution in [2.24, 2.45) is 0 Å². The molecule has 4 rings (SSSR count). The van der Waals surface area contributed by atoms with Gasteiger partial charge in [0.25, 0.3) is 0 Å². The Balaban J connectivity index is 1.24. The molecule has 1 aromatic heterocycles. The van der Waals surface area contributed by atoms with Crippen LogP contribution < -0.4 is 4.90 Å². The van der Waals surface area contributed by atoms with Gasteiger partial charge in [0.05, 0.1) is 30.2 Å². The minimum absolute atomic E-state index is 0.0101. The van der Waals surface area contributed by atoms with Gasteiger partial charge in [-0.15, -0.1) is 0 Å². The third kappa shape index (κ3) is 6.37. The van der Waals surface area contributed by atoms with Crippen molar-refractivity contribution in [2.75, 3.05) is 37.6 Å². The Morgan fingerprint density at radius 1 is 1.03 bits per heavy atom. The average Bonchev–Trinajstić information content (AvgIpc) is 3.47. The normalized spacial score (nSPS) is 25.4. The van der Waals surface area contributed by atoms with Gasteiger partial charge in [-0.3, -0.25) is 4.79 Å². The van der Waals surface area contributed by atoms with Gasteiger partial charge in [0.2, 0.25) is 11.9 Å². The van der Waals surface area contributed by atoms with Crippen LogP contribution in [-0.2, 0) is 20.4 Å². The Hall–Kier alpha value is -2.63. The van der Waals surface area contributed by atoms with Crippen molar-refractivity contribution in [1.82, 2.24) is 19.8 Å². The number of aromatic nitrogens is 2. The van der Waals surface area contributed by atoms with E-state index in [4.69, 9.17) is 9.47 Å². The van der Waals surface area contributed by atoms with Gasteiger partial charge < -0.3 is 24.2 Å². The molecule has 2 amide bonds. The predicted octanol–water partition coefficient (Wildman–Crippen LogP) is 3.48. The molecular formula is C24H34F3N5O4. The molecule has 0 bridgehead atoms. The van der Waals surface area contributed by atoms with Crippen LogP contribution in [0.4, 0.5) is 23.9 Å². The molecule has 3 fully saturated rings. The molecule has 0 saturated carbocycles. The summed E-state index contributed by atoms with van der Waals surface area (Å²) in [6.45, 7) is 7.95. The van der Waals surface area contributed by atoms with Crippen molar-refractivity contribution in [2.45, 2.75) is 82.9 Å². The second kappa shape index (κ2) is 10.4. The molecule has 3 saturated heterocycles. The highest BCUT2D eigenvalue weighted by molar-refractivity contribution is 5.77. The predicted molar refractivity (Wildman–Crippen MR) is 124 cm³/mol. The first-order chi connectivity index (χ1) is 16.9. The summed E-state index contributed by atoms with van der Waals surface area (Å²) < 4.78 is 49.9. The molecule has 0 aliphatic carbocycles. The third-order valence-electron chi connectivity index (χ3n) is 6.78. The molecular weight excluding hydrogens is 479 g/mol. The van der Waals surface area contributed by atoms with E-state index in [-0.39, 0.29) is 42.6 Å². The molecule has 0 spiro atoms. The minimum Gasteiger partial charge on any atom is -0.444 e. The molecule has 9 nitrogen and oxygen atoms in total. The Morgan fingerprint density at radius 2 is 1.69 bits per heavy atom. The molecule has 4 heterocycles. The maximum Gasteiger partial charge on any atom is 0.419 e. The first kappa shape index (κ1) is 26.4. The first-order valence-corrected chi connectivity index (χ1v) is 12.5. The number of nitrogens with zero attached hydrogens (tertiary/aromatic N) is 5. The summed E-state index contributed by atoms with van der Waals surface area (Å²) in [4.78, 5) is 38.5. The van der Waals surface area contributed by atoms with Gasteiger partial charge in [0, 0.05) is 45.1 Å². The highest BCUT2D eigenvalue weighted by Gasteiger charge is 2.41. The zero-order chi connectivity index (χ0) is 26.1. The minimum atomic E-state index is -4.48. The lowest BCUT2D eigenvalue weighted by atomic mass is 10.0. The summed E-state index contributed by atoms with van der Waals surface area (Å²) in [5.41, 5.74) is -1.44. The number of hydrogen-bond donors (Lipinski definition) is 0. The van der Waals surface area contributed by atoms with Gasteiger partial charge in [0.1, 0.15) is 5.60 Å². The van der Waals surface area contributed by atoms with Crippen molar-refractivity contribution >= 4 is 17.9 Å². The molecule has 3 atom stereocenters. The summed E-state index contributed by atoms with van der Waals surface area (Å²) in [6.07, 6.45) is 0.0517. The standard InChI is InChI=1S/C24H34F3N5O4/c1-23(2,3)36-22(34)32-8-4-5-18(32)19-7-6-17(35-19)13-20(33)30-9-11-31(12-10-30)21-28-14-16(15-29-21)24(25,26)27/h14-15,17-19H,4-13H2,1-3H3/t17?,18-,19?/m0/s1. The Kier molecular flexibility index (Phi) is 7.63. The van der Waals surface area contributed by atoms with Gasteiger partial charge in [-0.05, 0) is 46.5 Å². The van der Waals surface area contributed by atoms with Crippen LogP contribution in [0.5, 0.6) is 0 Å². The summed E-state index contributed by atoms with van der Waals surface area (Å²) in [6, 6.07) is -0.0350. The van der Waals surface area contributed by atoms with E-state index in [1.807, 2.05) is 20.8 Å². The van der Waals surface area contributed by atoms with Crippen molar-refractivity contribution in [3.05, 3.63) is 18.0 Å². The molecule has 3 aliphatic heterocycles. The lowest BCUT2D eigenvalue weighted by Gasteiger charge is -2.35. The number of ether oxygens (including phenoxy) is 2. The number of piperazine rings is 1. The Morgan fingerprint density at radius 3 is 2.31 bits per heavy atom. The summed E-state index contributed by atoms with van der Waals surface area (Å²) in [5.74, 6) is 0.215. The zero-order valence-corrected chi connectivity index (χ0v) is 21.0. The summed E-state index contributed by atoms with van der Waals surface area (Å²) >= 11 is 0. The molecule has 0 radical (unpaired) electrons. The van der Waals surface area contributed by atoms with Crippen LogP contribution in [0.15, 0.2) is 12.4 Å². The molecule has 3 aliphatic rings. The van der Waals surface area contributed by atoms with Crippen LogP contribution in [0.1, 0.15) is 58.4 Å². The molecule has 200 valence electrons. The number of amides is 2. The van der Waals surface area contributed by atoms with E-state index < -0.39 is 17.3 Å². The SMILES string of the molecule is CC(C)(C)OC(=O)N1CCC[C@H]1C1CCC(CC(=O)N2CCN(c3ncc(C(F)(F)F)cn3)CC2)O1. The largest absolute Gasteiger partial charge is 0.444 e. The fourth-order valence-electron chi connectivity index (χ4n) is 5.00. The molecule has 12 heteroatoms. The second-order valence-electron chi connectivity index (χ2n) is 10.6. The number of hydrogen-bond acceptors (Lipinski definition) is 7. The number of likely N-dealkylation sites (tertiary alicyclic amines) is 1. The van der Waals surface area contributed by atoms with Crippen LogP contribution in [0.25, 0.3) is 0 Å². The fraction of sp³-hybridized carbons (Fsp3) is 0.750. The fourth-order valence-corrected chi connectivity index (χ4v) is 5.00. The average molecular weight is 514 g/mol. The number of rotatable bonds is 4. The number of halogens is 3.